The summed E-state index contributed by atoms with van der Waals surface area (Å²) in [5.41, 5.74) is 1.28. The van der Waals surface area contributed by atoms with Crippen molar-refractivity contribution < 1.29 is 13.2 Å². The molecule has 0 unspecified atom stereocenters. The Morgan fingerprint density at radius 3 is 2.47 bits per heavy atom. The number of hydrogen-bond acceptors (Lipinski definition) is 7. The number of nitrogens with one attached hydrogen (secondary N) is 2. The molecule has 0 radical (unpaired) electrons. The average molecular weight is 482 g/mol. The summed E-state index contributed by atoms with van der Waals surface area (Å²) in [5, 5.41) is 7.50. The number of para-hydroxylation sites is 1. The Labute approximate surface area is 200 Å². The Bertz CT molecular complexity index is 1280. The lowest BCUT2D eigenvalue weighted by atomic mass is 9.86. The minimum Gasteiger partial charge on any atom is -0.362 e. The predicted molar refractivity (Wildman–Crippen MR) is 135 cm³/mol. The van der Waals surface area contributed by atoms with Crippen LogP contribution in [0, 0.1) is 5.92 Å². The van der Waals surface area contributed by atoms with Crippen molar-refractivity contribution in [2.24, 2.45) is 5.92 Å². The summed E-state index contributed by atoms with van der Waals surface area (Å²) in [5.74, 6) is 1.68. The van der Waals surface area contributed by atoms with E-state index in [0.717, 1.165) is 48.7 Å². The minimum absolute atomic E-state index is 0.153. The second-order valence-corrected chi connectivity index (χ2v) is 11.2. The first kappa shape index (κ1) is 23.9. The molecule has 2 N–H and O–H groups in total. The van der Waals surface area contributed by atoms with Crippen LogP contribution in [0.3, 0.4) is 0 Å². The van der Waals surface area contributed by atoms with E-state index in [2.05, 4.69) is 10.6 Å². The zero-order valence-electron chi connectivity index (χ0n) is 19.8. The van der Waals surface area contributed by atoms with Gasteiger partial charge in [-0.2, -0.15) is 4.98 Å². The van der Waals surface area contributed by atoms with Crippen molar-refractivity contribution >= 4 is 38.4 Å². The van der Waals surface area contributed by atoms with E-state index in [9.17, 15) is 13.2 Å². The number of hydrogen-bond donors (Lipinski definition) is 2. The monoisotopic (exact) mass is 481 g/mol. The largest absolute Gasteiger partial charge is 0.362 e. The van der Waals surface area contributed by atoms with E-state index in [1.807, 2.05) is 43.3 Å². The van der Waals surface area contributed by atoms with Gasteiger partial charge in [-0.25, -0.2) is 13.4 Å². The first-order valence-electron chi connectivity index (χ1n) is 11.5. The molecular formula is C25H31N5O3S. The molecule has 1 aliphatic rings. The summed E-state index contributed by atoms with van der Waals surface area (Å²) in [4.78, 5) is 24.1. The van der Waals surface area contributed by atoms with Crippen LogP contribution in [0.25, 0.3) is 10.9 Å². The Kier molecular flexibility index (Phi) is 7.02. The van der Waals surface area contributed by atoms with Gasteiger partial charge in [0.15, 0.2) is 9.84 Å². The van der Waals surface area contributed by atoms with Crippen molar-refractivity contribution in [1.82, 2.24) is 15.3 Å². The first-order valence-corrected chi connectivity index (χ1v) is 13.4. The summed E-state index contributed by atoms with van der Waals surface area (Å²) in [7, 11) is 0.617. The van der Waals surface area contributed by atoms with E-state index in [1.54, 1.807) is 12.1 Å². The lowest BCUT2D eigenvalue weighted by molar-refractivity contribution is 0.0943. The predicted octanol–water partition coefficient (Wildman–Crippen LogP) is 3.50. The van der Waals surface area contributed by atoms with E-state index in [1.165, 1.54) is 12.1 Å². The van der Waals surface area contributed by atoms with Gasteiger partial charge in [0.25, 0.3) is 5.91 Å². The number of benzene rings is 2. The van der Waals surface area contributed by atoms with Gasteiger partial charge in [-0.15, -0.1) is 0 Å². The van der Waals surface area contributed by atoms with Crippen LogP contribution >= 0.6 is 0 Å². The second kappa shape index (κ2) is 9.97. The maximum Gasteiger partial charge on any atom is 0.251 e. The van der Waals surface area contributed by atoms with Crippen LogP contribution in [0.4, 0.5) is 11.8 Å². The van der Waals surface area contributed by atoms with Crippen LogP contribution in [-0.2, 0) is 9.84 Å². The van der Waals surface area contributed by atoms with Gasteiger partial charge in [0, 0.05) is 43.9 Å². The Morgan fingerprint density at radius 2 is 1.76 bits per heavy atom. The third kappa shape index (κ3) is 5.64. The van der Waals surface area contributed by atoms with Gasteiger partial charge in [0.05, 0.1) is 10.4 Å². The molecular weight excluding hydrogens is 450 g/mol. The molecule has 1 saturated carbocycles. The molecule has 1 heterocycles. The van der Waals surface area contributed by atoms with Crippen molar-refractivity contribution in [1.29, 1.82) is 0 Å². The zero-order chi connectivity index (χ0) is 24.3. The summed E-state index contributed by atoms with van der Waals surface area (Å²) < 4.78 is 23.5. The Hall–Kier alpha value is -3.20. The molecule has 1 aliphatic carbocycles. The number of fused-ring (bicyclic) bond motifs is 1. The van der Waals surface area contributed by atoms with Crippen LogP contribution in [0.2, 0.25) is 0 Å². The van der Waals surface area contributed by atoms with Crippen molar-refractivity contribution in [2.75, 3.05) is 37.1 Å². The lowest BCUT2D eigenvalue weighted by Gasteiger charge is -2.29. The highest BCUT2D eigenvalue weighted by molar-refractivity contribution is 7.90. The molecule has 34 heavy (non-hydrogen) atoms. The van der Waals surface area contributed by atoms with Crippen LogP contribution in [-0.4, -0.2) is 57.2 Å². The third-order valence-corrected chi connectivity index (χ3v) is 7.37. The number of carbonyl (C=O) groups is 1. The number of aromatic nitrogens is 2. The minimum atomic E-state index is -3.35. The molecule has 4 rings (SSSR count). The van der Waals surface area contributed by atoms with Gasteiger partial charge in [0.1, 0.15) is 5.82 Å². The fourth-order valence-electron chi connectivity index (χ4n) is 4.37. The van der Waals surface area contributed by atoms with Gasteiger partial charge in [0.2, 0.25) is 5.95 Å². The van der Waals surface area contributed by atoms with Crippen LogP contribution < -0.4 is 15.5 Å². The van der Waals surface area contributed by atoms with Gasteiger partial charge in [-0.05, 0) is 61.9 Å². The highest BCUT2D eigenvalue weighted by atomic mass is 32.2. The molecule has 180 valence electrons. The smallest absolute Gasteiger partial charge is 0.251 e. The van der Waals surface area contributed by atoms with E-state index in [0.29, 0.717) is 24.0 Å². The number of nitrogens with zero attached hydrogens (tertiary/aromatic N) is 3. The number of sulfone groups is 1. The molecule has 1 amide bonds. The Balaban J connectivity index is 1.32. The quantitative estimate of drug-likeness (QED) is 0.532. The molecule has 0 aliphatic heterocycles. The van der Waals surface area contributed by atoms with Crippen LogP contribution in [0.1, 0.15) is 36.0 Å². The fraction of sp³-hybridized carbons (Fsp3) is 0.400. The summed E-state index contributed by atoms with van der Waals surface area (Å²) >= 11 is 0. The van der Waals surface area contributed by atoms with Crippen molar-refractivity contribution in [3.63, 3.8) is 0 Å². The molecule has 0 spiro atoms. The van der Waals surface area contributed by atoms with E-state index in [-0.39, 0.29) is 16.8 Å². The van der Waals surface area contributed by atoms with Crippen molar-refractivity contribution in [3.8, 4) is 0 Å². The Morgan fingerprint density at radius 1 is 1.03 bits per heavy atom. The maximum absolute atomic E-state index is 12.5. The topological polar surface area (TPSA) is 104 Å². The summed E-state index contributed by atoms with van der Waals surface area (Å²) in [6.07, 6.45) is 5.04. The maximum atomic E-state index is 12.5. The summed E-state index contributed by atoms with van der Waals surface area (Å²) in [6.45, 7) is 0.575. The van der Waals surface area contributed by atoms with Gasteiger partial charge in [-0.1, -0.05) is 18.2 Å². The molecule has 3 aromatic rings. The SMILES string of the molecule is CN(C)c1nc(N[C@H]2CC[C@@H](CNC(=O)c3cccc(S(C)(=O)=O)c3)CC2)nc2ccccc12. The third-order valence-electron chi connectivity index (χ3n) is 6.26. The van der Waals surface area contributed by atoms with Crippen molar-refractivity contribution in [2.45, 2.75) is 36.6 Å². The van der Waals surface area contributed by atoms with Crippen LogP contribution in [0.15, 0.2) is 53.4 Å². The second-order valence-electron chi connectivity index (χ2n) is 9.15. The van der Waals surface area contributed by atoms with Crippen molar-refractivity contribution in [3.05, 3.63) is 54.1 Å². The van der Waals surface area contributed by atoms with E-state index < -0.39 is 9.84 Å². The normalized spacial score (nSPS) is 18.4. The molecule has 0 bridgehead atoms. The van der Waals surface area contributed by atoms with Gasteiger partial charge >= 0.3 is 0 Å². The first-order chi connectivity index (χ1) is 16.2. The van der Waals surface area contributed by atoms with E-state index in [4.69, 9.17) is 9.97 Å². The lowest BCUT2D eigenvalue weighted by Crippen LogP contribution is -2.34. The number of amides is 1. The number of carbonyl (C=O) groups excluding carboxylic acids is 1. The summed E-state index contributed by atoms with van der Waals surface area (Å²) in [6, 6.07) is 14.5. The van der Waals surface area contributed by atoms with Gasteiger partial charge < -0.3 is 15.5 Å². The molecule has 2 aromatic carbocycles. The molecule has 1 aromatic heterocycles. The zero-order valence-corrected chi connectivity index (χ0v) is 20.6. The van der Waals surface area contributed by atoms with Crippen LogP contribution in [0.5, 0.6) is 0 Å². The molecule has 8 nitrogen and oxygen atoms in total. The standard InChI is InChI=1S/C25H31N5O3S/c1-30(2)23-21-9-4-5-10-22(21)28-25(29-23)27-19-13-11-17(12-14-19)16-26-24(31)18-7-6-8-20(15-18)34(3,32)33/h4-10,15,17,19H,11-14,16H2,1-3H3,(H,26,31)(H,27,28,29)/t17-,19+. The number of anilines is 2. The van der Waals surface area contributed by atoms with E-state index >= 15 is 0 Å². The molecule has 0 saturated heterocycles. The number of rotatable bonds is 7. The fourth-order valence-corrected chi connectivity index (χ4v) is 5.03. The molecule has 9 heteroatoms. The molecule has 0 atom stereocenters. The highest BCUT2D eigenvalue weighted by Gasteiger charge is 2.23. The molecule has 1 fully saturated rings. The highest BCUT2D eigenvalue weighted by Crippen LogP contribution is 2.28. The van der Waals surface area contributed by atoms with Gasteiger partial charge in [-0.3, -0.25) is 4.79 Å². The average Bonchev–Trinajstić information content (AvgIpc) is 2.82.